The molecule has 0 aliphatic rings. The zero-order chi connectivity index (χ0) is 17.1. The molecule has 0 fully saturated rings. The lowest BCUT2D eigenvalue weighted by atomic mass is 10.1. The predicted octanol–water partition coefficient (Wildman–Crippen LogP) is 4.33. The number of aromatic nitrogens is 4. The van der Waals surface area contributed by atoms with E-state index in [9.17, 15) is 0 Å². The van der Waals surface area contributed by atoms with Gasteiger partial charge in [-0.1, -0.05) is 11.6 Å². The van der Waals surface area contributed by atoms with Crippen LogP contribution in [0.15, 0.2) is 61.2 Å². The molecule has 0 amide bonds. The van der Waals surface area contributed by atoms with Crippen LogP contribution in [0.2, 0.25) is 5.15 Å². The van der Waals surface area contributed by atoms with Crippen molar-refractivity contribution >= 4 is 28.5 Å². The van der Waals surface area contributed by atoms with Gasteiger partial charge in [0.1, 0.15) is 16.6 Å². The highest BCUT2D eigenvalue weighted by Gasteiger charge is 2.09. The molecule has 0 saturated carbocycles. The summed E-state index contributed by atoms with van der Waals surface area (Å²) < 4.78 is 0. The zero-order valence-corrected chi connectivity index (χ0v) is 14.2. The SMILES string of the molecule is Clc1cc(-c2c[nH]c3ncccc23)cc(NCCc2ccncc2)n1. The summed E-state index contributed by atoms with van der Waals surface area (Å²) in [6.45, 7) is 0.770. The lowest BCUT2D eigenvalue weighted by molar-refractivity contribution is 1.00. The van der Waals surface area contributed by atoms with Gasteiger partial charge in [0.15, 0.2) is 0 Å². The molecule has 0 radical (unpaired) electrons. The van der Waals surface area contributed by atoms with Gasteiger partial charge in [0.05, 0.1) is 0 Å². The third-order valence-electron chi connectivity index (χ3n) is 4.03. The molecule has 25 heavy (non-hydrogen) atoms. The van der Waals surface area contributed by atoms with Crippen LogP contribution in [-0.4, -0.2) is 26.5 Å². The molecule has 0 atom stereocenters. The van der Waals surface area contributed by atoms with Crippen LogP contribution in [0.4, 0.5) is 5.82 Å². The topological polar surface area (TPSA) is 66.5 Å². The van der Waals surface area contributed by atoms with Crippen molar-refractivity contribution in [1.29, 1.82) is 0 Å². The highest BCUT2D eigenvalue weighted by Crippen LogP contribution is 2.30. The van der Waals surface area contributed by atoms with Crippen LogP contribution in [0.5, 0.6) is 0 Å². The first kappa shape index (κ1) is 15.6. The maximum Gasteiger partial charge on any atom is 0.137 e. The average Bonchev–Trinajstić information content (AvgIpc) is 3.06. The van der Waals surface area contributed by atoms with E-state index in [1.54, 1.807) is 18.6 Å². The van der Waals surface area contributed by atoms with E-state index in [0.717, 1.165) is 40.9 Å². The smallest absolute Gasteiger partial charge is 0.137 e. The van der Waals surface area contributed by atoms with Gasteiger partial charge in [-0.3, -0.25) is 4.98 Å². The summed E-state index contributed by atoms with van der Waals surface area (Å²) in [6, 6.07) is 11.9. The predicted molar refractivity (Wildman–Crippen MR) is 101 cm³/mol. The van der Waals surface area contributed by atoms with Crippen molar-refractivity contribution in [1.82, 2.24) is 19.9 Å². The first-order valence-electron chi connectivity index (χ1n) is 8.02. The lowest BCUT2D eigenvalue weighted by Gasteiger charge is -2.08. The summed E-state index contributed by atoms with van der Waals surface area (Å²) in [5.74, 6) is 0.759. The first-order chi connectivity index (χ1) is 12.3. The van der Waals surface area contributed by atoms with Crippen molar-refractivity contribution in [3.05, 3.63) is 71.9 Å². The number of anilines is 1. The van der Waals surface area contributed by atoms with Crippen LogP contribution >= 0.6 is 11.6 Å². The highest BCUT2D eigenvalue weighted by molar-refractivity contribution is 6.29. The lowest BCUT2D eigenvalue weighted by Crippen LogP contribution is -2.06. The van der Waals surface area contributed by atoms with E-state index >= 15 is 0 Å². The Kier molecular flexibility index (Phi) is 4.31. The summed E-state index contributed by atoms with van der Waals surface area (Å²) in [4.78, 5) is 15.9. The minimum absolute atomic E-state index is 0.460. The largest absolute Gasteiger partial charge is 0.370 e. The van der Waals surface area contributed by atoms with Crippen molar-refractivity contribution in [2.45, 2.75) is 6.42 Å². The van der Waals surface area contributed by atoms with Crippen molar-refractivity contribution in [2.75, 3.05) is 11.9 Å². The third kappa shape index (κ3) is 3.46. The standard InChI is InChI=1S/C19H16ClN5/c20-17-10-14(16-12-24-19-15(16)2-1-6-23-19)11-18(25-17)22-9-5-13-3-7-21-8-4-13/h1-4,6-8,10-12H,5,9H2,(H,22,25)(H,23,24). The number of nitrogens with zero attached hydrogens (tertiary/aromatic N) is 3. The van der Waals surface area contributed by atoms with E-state index in [-0.39, 0.29) is 0 Å². The molecule has 0 aliphatic heterocycles. The summed E-state index contributed by atoms with van der Waals surface area (Å²) >= 11 is 6.23. The Morgan fingerprint density at radius 1 is 1.08 bits per heavy atom. The van der Waals surface area contributed by atoms with Gasteiger partial charge in [-0.05, 0) is 53.9 Å². The fourth-order valence-corrected chi connectivity index (χ4v) is 3.03. The number of nitrogens with one attached hydrogen (secondary N) is 2. The minimum atomic E-state index is 0.460. The minimum Gasteiger partial charge on any atom is -0.370 e. The Labute approximate surface area is 150 Å². The first-order valence-corrected chi connectivity index (χ1v) is 8.40. The normalized spacial score (nSPS) is 10.9. The maximum absolute atomic E-state index is 6.23. The van der Waals surface area contributed by atoms with Crippen molar-refractivity contribution in [3.8, 4) is 11.1 Å². The van der Waals surface area contributed by atoms with E-state index in [1.807, 2.05) is 42.6 Å². The second-order valence-electron chi connectivity index (χ2n) is 5.70. The molecule has 0 spiro atoms. The van der Waals surface area contributed by atoms with Gasteiger partial charge in [0.25, 0.3) is 0 Å². The van der Waals surface area contributed by atoms with E-state index < -0.39 is 0 Å². The van der Waals surface area contributed by atoms with Crippen LogP contribution in [-0.2, 0) is 6.42 Å². The summed E-state index contributed by atoms with van der Waals surface area (Å²) in [5, 5.41) is 4.87. The van der Waals surface area contributed by atoms with Gasteiger partial charge in [-0.2, -0.15) is 0 Å². The summed E-state index contributed by atoms with van der Waals surface area (Å²) in [7, 11) is 0. The van der Waals surface area contributed by atoms with Crippen LogP contribution in [0, 0.1) is 0 Å². The summed E-state index contributed by atoms with van der Waals surface area (Å²) in [5.41, 5.74) is 4.15. The number of pyridine rings is 3. The van der Waals surface area contributed by atoms with E-state index in [0.29, 0.717) is 5.15 Å². The number of hydrogen-bond donors (Lipinski definition) is 2. The Morgan fingerprint density at radius 3 is 2.84 bits per heavy atom. The molecule has 0 unspecified atom stereocenters. The van der Waals surface area contributed by atoms with Crippen LogP contribution in [0.25, 0.3) is 22.2 Å². The number of hydrogen-bond acceptors (Lipinski definition) is 4. The molecular weight excluding hydrogens is 334 g/mol. The molecular formula is C19H16ClN5. The van der Waals surface area contributed by atoms with E-state index in [2.05, 4.69) is 25.3 Å². The van der Waals surface area contributed by atoms with Gasteiger partial charge in [-0.25, -0.2) is 9.97 Å². The van der Waals surface area contributed by atoms with Gasteiger partial charge < -0.3 is 10.3 Å². The van der Waals surface area contributed by atoms with Gasteiger partial charge in [0, 0.05) is 42.3 Å². The average molecular weight is 350 g/mol. The number of rotatable bonds is 5. The fourth-order valence-electron chi connectivity index (χ4n) is 2.82. The third-order valence-corrected chi connectivity index (χ3v) is 4.22. The molecule has 0 aromatic carbocycles. The number of H-pyrrole nitrogens is 1. The highest BCUT2D eigenvalue weighted by atomic mass is 35.5. The number of aromatic amines is 1. The Morgan fingerprint density at radius 2 is 1.96 bits per heavy atom. The zero-order valence-electron chi connectivity index (χ0n) is 13.4. The molecule has 4 aromatic heterocycles. The van der Waals surface area contributed by atoms with Crippen LogP contribution in [0.1, 0.15) is 5.56 Å². The van der Waals surface area contributed by atoms with Crippen molar-refractivity contribution in [3.63, 3.8) is 0 Å². The van der Waals surface area contributed by atoms with Crippen LogP contribution in [0.3, 0.4) is 0 Å². The van der Waals surface area contributed by atoms with Crippen molar-refractivity contribution in [2.24, 2.45) is 0 Å². The maximum atomic E-state index is 6.23. The summed E-state index contributed by atoms with van der Waals surface area (Å²) in [6.07, 6.45) is 8.22. The monoisotopic (exact) mass is 349 g/mol. The molecule has 4 heterocycles. The Balaban J connectivity index is 1.56. The molecule has 0 aliphatic carbocycles. The number of fused-ring (bicyclic) bond motifs is 1. The second kappa shape index (κ2) is 6.91. The quantitative estimate of drug-likeness (QED) is 0.526. The molecule has 4 rings (SSSR count). The molecule has 5 nitrogen and oxygen atoms in total. The van der Waals surface area contributed by atoms with Gasteiger partial charge in [-0.15, -0.1) is 0 Å². The fraction of sp³-hybridized carbons (Fsp3) is 0.105. The van der Waals surface area contributed by atoms with E-state index in [1.165, 1.54) is 5.56 Å². The molecule has 0 bridgehead atoms. The van der Waals surface area contributed by atoms with Crippen LogP contribution < -0.4 is 5.32 Å². The molecule has 124 valence electrons. The molecule has 6 heteroatoms. The molecule has 0 saturated heterocycles. The Bertz CT molecular complexity index is 997. The van der Waals surface area contributed by atoms with Gasteiger partial charge in [0.2, 0.25) is 0 Å². The molecule has 2 N–H and O–H groups in total. The van der Waals surface area contributed by atoms with E-state index in [4.69, 9.17) is 11.6 Å². The molecule has 4 aromatic rings. The second-order valence-corrected chi connectivity index (χ2v) is 6.09. The number of halogens is 1. The Hall–Kier alpha value is -2.92. The van der Waals surface area contributed by atoms with Gasteiger partial charge >= 0.3 is 0 Å². The van der Waals surface area contributed by atoms with Crippen molar-refractivity contribution < 1.29 is 0 Å².